The summed E-state index contributed by atoms with van der Waals surface area (Å²) in [5, 5.41) is 8.71. The number of benzene rings is 1. The summed E-state index contributed by atoms with van der Waals surface area (Å²) in [7, 11) is 0. The van der Waals surface area contributed by atoms with Crippen LogP contribution in [0.1, 0.15) is 42.5 Å². The van der Waals surface area contributed by atoms with Crippen molar-refractivity contribution in [2.45, 2.75) is 27.7 Å². The number of hydrogen-bond acceptors (Lipinski definition) is 5. The van der Waals surface area contributed by atoms with Gasteiger partial charge in [-0.3, -0.25) is 14.4 Å². The second kappa shape index (κ2) is 8.96. The van der Waals surface area contributed by atoms with E-state index in [4.69, 9.17) is 4.42 Å². The Morgan fingerprint density at radius 3 is 2.27 bits per heavy atom. The van der Waals surface area contributed by atoms with E-state index in [1.54, 1.807) is 25.1 Å². The Bertz CT molecular complexity index is 1080. The van der Waals surface area contributed by atoms with Gasteiger partial charge in [0, 0.05) is 5.69 Å². The normalized spacial score (nSPS) is 10.5. The van der Waals surface area contributed by atoms with E-state index in [-0.39, 0.29) is 24.1 Å². The highest BCUT2D eigenvalue weighted by atomic mass is 32.1. The SMILES string of the molecule is Cc1cc(C)c(NC(=O)CNC(=O)c2sc(NC(=O)c3ccco3)cc2C)c(C)c1. The Morgan fingerprint density at radius 1 is 0.933 bits per heavy atom. The van der Waals surface area contributed by atoms with Crippen LogP contribution in [0.2, 0.25) is 0 Å². The van der Waals surface area contributed by atoms with E-state index in [2.05, 4.69) is 16.0 Å². The van der Waals surface area contributed by atoms with Crippen LogP contribution in [0.5, 0.6) is 0 Å². The first kappa shape index (κ1) is 21.3. The van der Waals surface area contributed by atoms with Gasteiger partial charge in [-0.05, 0) is 62.6 Å². The maximum atomic E-state index is 12.5. The van der Waals surface area contributed by atoms with E-state index in [0.29, 0.717) is 15.4 Å². The third kappa shape index (κ3) is 4.96. The highest BCUT2D eigenvalue weighted by Crippen LogP contribution is 2.27. The summed E-state index contributed by atoms with van der Waals surface area (Å²) >= 11 is 1.14. The monoisotopic (exact) mass is 425 g/mol. The second-order valence-corrected chi connectivity index (χ2v) is 8.11. The number of nitrogens with one attached hydrogen (secondary N) is 3. The van der Waals surface area contributed by atoms with Crippen molar-refractivity contribution >= 4 is 39.7 Å². The molecule has 2 aromatic heterocycles. The van der Waals surface area contributed by atoms with Crippen LogP contribution < -0.4 is 16.0 Å². The average Bonchev–Trinajstić information content (AvgIpc) is 3.32. The molecule has 3 amide bonds. The van der Waals surface area contributed by atoms with Gasteiger partial charge in [-0.15, -0.1) is 11.3 Å². The Morgan fingerprint density at radius 2 is 1.63 bits per heavy atom. The summed E-state index contributed by atoms with van der Waals surface area (Å²) in [4.78, 5) is 37.3. The summed E-state index contributed by atoms with van der Waals surface area (Å²) in [6.45, 7) is 7.48. The molecule has 0 saturated carbocycles. The largest absolute Gasteiger partial charge is 0.459 e. The quantitative estimate of drug-likeness (QED) is 0.551. The van der Waals surface area contributed by atoms with Gasteiger partial charge >= 0.3 is 0 Å². The fourth-order valence-corrected chi connectivity index (χ4v) is 4.14. The molecule has 0 bridgehead atoms. The molecule has 2 heterocycles. The minimum atomic E-state index is -0.392. The average molecular weight is 426 g/mol. The van der Waals surface area contributed by atoms with Crippen molar-refractivity contribution in [1.29, 1.82) is 0 Å². The zero-order valence-corrected chi connectivity index (χ0v) is 18.0. The fourth-order valence-electron chi connectivity index (χ4n) is 3.15. The Hall–Kier alpha value is -3.39. The highest BCUT2D eigenvalue weighted by Gasteiger charge is 2.17. The fraction of sp³-hybridized carbons (Fsp3) is 0.227. The zero-order valence-electron chi connectivity index (χ0n) is 17.2. The third-order valence-electron chi connectivity index (χ3n) is 4.46. The van der Waals surface area contributed by atoms with Crippen LogP contribution >= 0.6 is 11.3 Å². The molecule has 0 saturated heterocycles. The van der Waals surface area contributed by atoms with Gasteiger partial charge in [0.1, 0.15) is 0 Å². The van der Waals surface area contributed by atoms with Crippen LogP contribution in [0.15, 0.2) is 41.0 Å². The van der Waals surface area contributed by atoms with E-state index < -0.39 is 5.91 Å². The minimum Gasteiger partial charge on any atom is -0.459 e. The molecule has 7 nitrogen and oxygen atoms in total. The van der Waals surface area contributed by atoms with Crippen LogP contribution in [0.3, 0.4) is 0 Å². The highest BCUT2D eigenvalue weighted by molar-refractivity contribution is 7.18. The molecule has 0 fully saturated rings. The summed E-state index contributed by atoms with van der Waals surface area (Å²) < 4.78 is 5.06. The first-order valence-electron chi connectivity index (χ1n) is 9.35. The van der Waals surface area contributed by atoms with E-state index in [1.165, 1.54) is 6.26 Å². The number of thiophene rings is 1. The van der Waals surface area contributed by atoms with Crippen molar-refractivity contribution in [2.75, 3.05) is 17.2 Å². The lowest BCUT2D eigenvalue weighted by Crippen LogP contribution is -2.33. The predicted octanol–water partition coefficient (Wildman–Crippen LogP) is 4.20. The molecule has 3 aromatic rings. The first-order valence-corrected chi connectivity index (χ1v) is 10.2. The van der Waals surface area contributed by atoms with E-state index in [1.807, 2.05) is 32.9 Å². The summed E-state index contributed by atoms with van der Waals surface area (Å²) in [5.74, 6) is -0.885. The van der Waals surface area contributed by atoms with Crippen LogP contribution in [0, 0.1) is 27.7 Å². The summed E-state index contributed by atoms with van der Waals surface area (Å²) in [5.41, 5.74) is 4.53. The van der Waals surface area contributed by atoms with Crippen molar-refractivity contribution < 1.29 is 18.8 Å². The molecule has 0 spiro atoms. The van der Waals surface area contributed by atoms with E-state index in [0.717, 1.165) is 33.7 Å². The number of carbonyl (C=O) groups excluding carboxylic acids is 3. The first-order chi connectivity index (χ1) is 14.2. The lowest BCUT2D eigenvalue weighted by atomic mass is 10.1. The Kier molecular flexibility index (Phi) is 6.37. The number of anilines is 2. The van der Waals surface area contributed by atoms with Crippen molar-refractivity contribution in [3.63, 3.8) is 0 Å². The summed E-state index contributed by atoms with van der Waals surface area (Å²) in [6.07, 6.45) is 1.41. The molecular weight excluding hydrogens is 402 g/mol. The molecule has 3 rings (SSSR count). The van der Waals surface area contributed by atoms with Crippen LogP contribution in [-0.4, -0.2) is 24.3 Å². The Balaban J connectivity index is 1.59. The second-order valence-electron chi connectivity index (χ2n) is 7.06. The molecule has 0 aliphatic carbocycles. The number of aryl methyl sites for hydroxylation is 4. The number of amides is 3. The van der Waals surface area contributed by atoms with Crippen LogP contribution in [-0.2, 0) is 4.79 Å². The molecule has 0 aliphatic rings. The van der Waals surface area contributed by atoms with Gasteiger partial charge in [0.2, 0.25) is 5.91 Å². The van der Waals surface area contributed by atoms with Gasteiger partial charge in [-0.2, -0.15) is 0 Å². The van der Waals surface area contributed by atoms with Crippen molar-refractivity contribution in [3.05, 3.63) is 69.5 Å². The molecule has 8 heteroatoms. The van der Waals surface area contributed by atoms with Gasteiger partial charge in [-0.1, -0.05) is 17.7 Å². The number of carbonyl (C=O) groups is 3. The lowest BCUT2D eigenvalue weighted by Gasteiger charge is -2.13. The van der Waals surface area contributed by atoms with Gasteiger partial charge in [0.05, 0.1) is 22.7 Å². The Labute approximate surface area is 178 Å². The molecule has 156 valence electrons. The number of hydrogen-bond donors (Lipinski definition) is 3. The summed E-state index contributed by atoms with van der Waals surface area (Å²) in [6, 6.07) is 8.88. The van der Waals surface area contributed by atoms with Gasteiger partial charge < -0.3 is 20.4 Å². The lowest BCUT2D eigenvalue weighted by molar-refractivity contribution is -0.115. The van der Waals surface area contributed by atoms with Crippen LogP contribution in [0.25, 0.3) is 0 Å². The van der Waals surface area contributed by atoms with Crippen molar-refractivity contribution in [2.24, 2.45) is 0 Å². The van der Waals surface area contributed by atoms with Gasteiger partial charge in [0.25, 0.3) is 11.8 Å². The maximum absolute atomic E-state index is 12.5. The molecule has 0 aliphatic heterocycles. The van der Waals surface area contributed by atoms with Crippen molar-refractivity contribution in [3.8, 4) is 0 Å². The molecule has 0 atom stereocenters. The number of rotatable bonds is 6. The molecule has 0 unspecified atom stereocenters. The van der Waals surface area contributed by atoms with E-state index >= 15 is 0 Å². The maximum Gasteiger partial charge on any atom is 0.291 e. The van der Waals surface area contributed by atoms with Gasteiger partial charge in [-0.25, -0.2) is 0 Å². The minimum absolute atomic E-state index is 0.156. The zero-order chi connectivity index (χ0) is 21.8. The third-order valence-corrected chi connectivity index (χ3v) is 5.61. The topological polar surface area (TPSA) is 100 Å². The molecule has 0 radical (unpaired) electrons. The molecule has 30 heavy (non-hydrogen) atoms. The standard InChI is InChI=1S/C22H23N3O4S/c1-12-8-13(2)19(14(3)9-12)24-17(26)11-23-22(28)20-15(4)10-18(30-20)25-21(27)16-6-5-7-29-16/h5-10H,11H2,1-4H3,(H,23,28)(H,24,26)(H,25,27). The molecule has 3 N–H and O–H groups in total. The predicted molar refractivity (Wildman–Crippen MR) is 117 cm³/mol. The van der Waals surface area contributed by atoms with Crippen molar-refractivity contribution in [1.82, 2.24) is 5.32 Å². The smallest absolute Gasteiger partial charge is 0.291 e. The molecular formula is C22H23N3O4S. The van der Waals surface area contributed by atoms with Crippen LogP contribution in [0.4, 0.5) is 10.7 Å². The molecule has 1 aromatic carbocycles. The number of furan rings is 1. The van der Waals surface area contributed by atoms with Gasteiger partial charge in [0.15, 0.2) is 5.76 Å². The van der Waals surface area contributed by atoms with E-state index in [9.17, 15) is 14.4 Å².